The molecule has 136 valence electrons. The van der Waals surface area contributed by atoms with Gasteiger partial charge in [-0.25, -0.2) is 8.42 Å². The van der Waals surface area contributed by atoms with Crippen LogP contribution in [-0.4, -0.2) is 31.7 Å². The predicted molar refractivity (Wildman–Crippen MR) is 99.3 cm³/mol. The highest BCUT2D eigenvalue weighted by Gasteiger charge is 2.39. The number of fused-ring (bicyclic) bond motifs is 1. The van der Waals surface area contributed by atoms with E-state index in [1.165, 1.54) is 9.87 Å². The van der Waals surface area contributed by atoms with Gasteiger partial charge in [-0.3, -0.25) is 4.79 Å². The number of hydrogen-bond donors (Lipinski definition) is 1. The third-order valence-electron chi connectivity index (χ3n) is 5.20. The topological polar surface area (TPSA) is 66.5 Å². The largest absolute Gasteiger partial charge is 0.353 e. The van der Waals surface area contributed by atoms with Crippen molar-refractivity contribution in [1.29, 1.82) is 0 Å². The van der Waals surface area contributed by atoms with Crippen LogP contribution in [0.15, 0.2) is 47.4 Å². The van der Waals surface area contributed by atoms with Crippen molar-refractivity contribution in [1.82, 2.24) is 9.62 Å². The van der Waals surface area contributed by atoms with Crippen molar-refractivity contribution in [3.63, 3.8) is 0 Å². The molecule has 2 aromatic rings. The van der Waals surface area contributed by atoms with Crippen molar-refractivity contribution < 1.29 is 13.2 Å². The normalized spacial score (nSPS) is 20.7. The molecule has 2 aromatic carbocycles. The molecule has 6 heteroatoms. The average Bonchev–Trinajstić information content (AvgIpc) is 3.09. The highest BCUT2D eigenvalue weighted by Crippen LogP contribution is 2.32. The van der Waals surface area contributed by atoms with Gasteiger partial charge in [-0.1, -0.05) is 35.9 Å². The molecule has 0 radical (unpaired) electrons. The molecule has 0 spiro atoms. The van der Waals surface area contributed by atoms with Crippen LogP contribution < -0.4 is 5.32 Å². The van der Waals surface area contributed by atoms with Crippen molar-refractivity contribution in [3.8, 4) is 0 Å². The van der Waals surface area contributed by atoms with E-state index in [0.29, 0.717) is 12.1 Å². The van der Waals surface area contributed by atoms with Gasteiger partial charge in [-0.05, 0) is 55.0 Å². The molecule has 1 atom stereocenters. The van der Waals surface area contributed by atoms with Gasteiger partial charge in [0.25, 0.3) is 0 Å². The Bertz CT molecular complexity index is 969. The summed E-state index contributed by atoms with van der Waals surface area (Å²) < 4.78 is 28.0. The van der Waals surface area contributed by atoms with Crippen molar-refractivity contribution in [3.05, 3.63) is 64.7 Å². The van der Waals surface area contributed by atoms with Gasteiger partial charge in [0.05, 0.1) is 4.90 Å². The second-order valence-corrected chi connectivity index (χ2v) is 8.90. The summed E-state index contributed by atoms with van der Waals surface area (Å²) in [7, 11) is -3.75. The molecule has 1 saturated heterocycles. The lowest BCUT2D eigenvalue weighted by Gasteiger charge is -2.34. The van der Waals surface area contributed by atoms with Crippen LogP contribution in [0.25, 0.3) is 0 Å². The first-order valence-electron chi connectivity index (χ1n) is 8.95. The van der Waals surface area contributed by atoms with Crippen molar-refractivity contribution in [2.24, 2.45) is 0 Å². The third kappa shape index (κ3) is 2.93. The quantitative estimate of drug-likeness (QED) is 0.902. The SMILES string of the molecule is Cc1cccc(C2C(=O)NCCN2S(=O)(=O)c2ccc3c(c2)CCC3)c1. The van der Waals surface area contributed by atoms with Crippen LogP contribution in [0.2, 0.25) is 0 Å². The fraction of sp³-hybridized carbons (Fsp3) is 0.350. The van der Waals surface area contributed by atoms with E-state index >= 15 is 0 Å². The molecule has 0 saturated carbocycles. The minimum Gasteiger partial charge on any atom is -0.353 e. The summed E-state index contributed by atoms with van der Waals surface area (Å²) in [4.78, 5) is 12.8. The first-order valence-corrected chi connectivity index (χ1v) is 10.4. The van der Waals surface area contributed by atoms with Gasteiger partial charge >= 0.3 is 0 Å². The maximum absolute atomic E-state index is 13.3. The minimum atomic E-state index is -3.75. The van der Waals surface area contributed by atoms with Gasteiger partial charge in [-0.15, -0.1) is 0 Å². The lowest BCUT2D eigenvalue weighted by Crippen LogP contribution is -2.52. The number of sulfonamides is 1. The number of hydrogen-bond acceptors (Lipinski definition) is 3. The van der Waals surface area contributed by atoms with Crippen molar-refractivity contribution in [2.45, 2.75) is 37.1 Å². The Morgan fingerprint density at radius 2 is 1.88 bits per heavy atom. The Kier molecular flexibility index (Phi) is 4.32. The number of piperazine rings is 1. The smallest absolute Gasteiger partial charge is 0.244 e. The van der Waals surface area contributed by atoms with Crippen molar-refractivity contribution in [2.75, 3.05) is 13.1 Å². The van der Waals surface area contributed by atoms with E-state index < -0.39 is 16.1 Å². The molecule has 1 amide bonds. The lowest BCUT2D eigenvalue weighted by atomic mass is 10.0. The zero-order valence-corrected chi connectivity index (χ0v) is 15.6. The molecule has 2 aliphatic rings. The van der Waals surface area contributed by atoms with Crippen LogP contribution in [0.5, 0.6) is 0 Å². The van der Waals surface area contributed by atoms with Crippen LogP contribution in [0.4, 0.5) is 0 Å². The zero-order chi connectivity index (χ0) is 18.3. The number of nitrogens with zero attached hydrogens (tertiary/aromatic N) is 1. The fourth-order valence-electron chi connectivity index (χ4n) is 3.91. The van der Waals surface area contributed by atoms with E-state index in [4.69, 9.17) is 0 Å². The Hall–Kier alpha value is -2.18. The second kappa shape index (κ2) is 6.52. The van der Waals surface area contributed by atoms with Crippen LogP contribution in [0, 0.1) is 6.92 Å². The Balaban J connectivity index is 1.76. The molecule has 1 aliphatic heterocycles. The van der Waals surface area contributed by atoms with E-state index in [2.05, 4.69) is 5.32 Å². The first kappa shape index (κ1) is 17.2. The summed E-state index contributed by atoms with van der Waals surface area (Å²) in [6, 6.07) is 12.0. The molecule has 1 aliphatic carbocycles. The molecule has 1 fully saturated rings. The van der Waals surface area contributed by atoms with Crippen LogP contribution in [0.3, 0.4) is 0 Å². The van der Waals surface area contributed by atoms with Crippen molar-refractivity contribution >= 4 is 15.9 Å². The monoisotopic (exact) mass is 370 g/mol. The molecule has 0 bridgehead atoms. The van der Waals surface area contributed by atoms with Gasteiger partial charge in [0.1, 0.15) is 6.04 Å². The molecule has 5 nitrogen and oxygen atoms in total. The predicted octanol–water partition coefficient (Wildman–Crippen LogP) is 2.35. The Morgan fingerprint density at radius 1 is 1.08 bits per heavy atom. The van der Waals surface area contributed by atoms with E-state index in [1.807, 2.05) is 37.3 Å². The maximum Gasteiger partial charge on any atom is 0.244 e. The summed E-state index contributed by atoms with van der Waals surface area (Å²) in [6.07, 6.45) is 2.99. The highest BCUT2D eigenvalue weighted by atomic mass is 32.2. The number of rotatable bonds is 3. The first-order chi connectivity index (χ1) is 12.5. The van der Waals surface area contributed by atoms with Crippen LogP contribution >= 0.6 is 0 Å². The Labute approximate surface area is 154 Å². The molecule has 4 rings (SSSR count). The maximum atomic E-state index is 13.3. The Morgan fingerprint density at radius 3 is 2.69 bits per heavy atom. The third-order valence-corrected chi connectivity index (χ3v) is 7.06. The summed E-state index contributed by atoms with van der Waals surface area (Å²) in [5, 5.41) is 2.80. The molecule has 1 unspecified atom stereocenters. The second-order valence-electron chi connectivity index (χ2n) is 7.01. The molecule has 1 heterocycles. The van der Waals surface area contributed by atoms with Crippen LogP contribution in [-0.2, 0) is 27.7 Å². The number of aryl methyl sites for hydroxylation is 3. The molecule has 0 aromatic heterocycles. The summed E-state index contributed by atoms with van der Waals surface area (Å²) in [6.45, 7) is 2.53. The number of amides is 1. The molecular weight excluding hydrogens is 348 g/mol. The minimum absolute atomic E-state index is 0.268. The molecule has 26 heavy (non-hydrogen) atoms. The highest BCUT2D eigenvalue weighted by molar-refractivity contribution is 7.89. The summed E-state index contributed by atoms with van der Waals surface area (Å²) in [5.74, 6) is -0.272. The average molecular weight is 370 g/mol. The summed E-state index contributed by atoms with van der Waals surface area (Å²) >= 11 is 0. The van der Waals surface area contributed by atoms with Gasteiger partial charge < -0.3 is 5.32 Å². The summed E-state index contributed by atoms with van der Waals surface area (Å²) in [5.41, 5.74) is 4.04. The fourth-order valence-corrected chi connectivity index (χ4v) is 5.54. The zero-order valence-electron chi connectivity index (χ0n) is 14.7. The van der Waals surface area contributed by atoms with Gasteiger partial charge in [0, 0.05) is 13.1 Å². The number of nitrogens with one attached hydrogen (secondary N) is 1. The van der Waals surface area contributed by atoms with E-state index in [1.54, 1.807) is 12.1 Å². The molecule has 1 N–H and O–H groups in total. The van der Waals surface area contributed by atoms with E-state index in [-0.39, 0.29) is 17.3 Å². The van der Waals surface area contributed by atoms with Crippen LogP contribution in [0.1, 0.15) is 34.7 Å². The number of carbonyl (C=O) groups excluding carboxylic acids is 1. The number of benzene rings is 2. The standard InChI is InChI=1S/C20H22N2O3S/c1-14-4-2-7-17(12-14)19-20(23)21-10-11-22(19)26(24,25)18-9-8-15-5-3-6-16(15)13-18/h2,4,7-9,12-13,19H,3,5-6,10-11H2,1H3,(H,21,23). The van der Waals surface area contributed by atoms with Gasteiger partial charge in [-0.2, -0.15) is 4.31 Å². The van der Waals surface area contributed by atoms with Gasteiger partial charge in [0.2, 0.25) is 15.9 Å². The van der Waals surface area contributed by atoms with E-state index in [9.17, 15) is 13.2 Å². The molecular formula is C20H22N2O3S. The van der Waals surface area contributed by atoms with E-state index in [0.717, 1.165) is 30.4 Å². The number of carbonyl (C=O) groups is 1. The lowest BCUT2D eigenvalue weighted by molar-refractivity contribution is -0.126. The van der Waals surface area contributed by atoms with Gasteiger partial charge in [0.15, 0.2) is 0 Å².